The van der Waals surface area contributed by atoms with Crippen molar-refractivity contribution in [3.8, 4) is 11.4 Å². The number of rotatable bonds is 2. The van der Waals surface area contributed by atoms with E-state index in [9.17, 15) is 9.59 Å². The molecule has 0 spiro atoms. The van der Waals surface area contributed by atoms with E-state index in [4.69, 9.17) is 23.2 Å². The van der Waals surface area contributed by atoms with Crippen LogP contribution in [-0.4, -0.2) is 14.1 Å². The summed E-state index contributed by atoms with van der Waals surface area (Å²) in [4.78, 5) is 28.3. The molecule has 0 atom stereocenters. The lowest BCUT2D eigenvalue weighted by atomic mass is 10.3. The molecule has 0 unspecified atom stereocenters. The van der Waals surface area contributed by atoms with Gasteiger partial charge < -0.3 is 0 Å². The number of hydrogen-bond donors (Lipinski definition) is 0. The predicted octanol–water partition coefficient (Wildman–Crippen LogP) is 2.69. The van der Waals surface area contributed by atoms with E-state index in [1.54, 1.807) is 48.5 Å². The number of nitrogens with zero attached hydrogens (tertiary/aromatic N) is 3. The second kappa shape index (κ2) is 5.79. The molecule has 1 heterocycles. The molecule has 0 amide bonds. The fourth-order valence-electron chi connectivity index (χ4n) is 1.99. The molecule has 0 bridgehead atoms. The Morgan fingerprint density at radius 3 is 1.82 bits per heavy atom. The molecule has 0 fully saturated rings. The summed E-state index contributed by atoms with van der Waals surface area (Å²) in [6, 6.07) is 13.0. The summed E-state index contributed by atoms with van der Waals surface area (Å²) in [5.41, 5.74) is -0.220. The highest BCUT2D eigenvalue weighted by Crippen LogP contribution is 2.13. The summed E-state index contributed by atoms with van der Waals surface area (Å²) in [7, 11) is 0. The Morgan fingerprint density at radius 2 is 1.27 bits per heavy atom. The normalized spacial score (nSPS) is 10.6. The maximum atomic E-state index is 12.6. The average molecular weight is 334 g/mol. The third kappa shape index (κ3) is 2.68. The van der Waals surface area contributed by atoms with Crippen molar-refractivity contribution in [3.05, 3.63) is 85.9 Å². The SMILES string of the molecule is O=c1ncn(-c2ccc(Cl)cc2)c(=O)n1-c1ccc(Cl)cc1. The number of aromatic nitrogens is 3. The quantitative estimate of drug-likeness (QED) is 0.724. The minimum absolute atomic E-state index is 0.398. The second-order valence-corrected chi connectivity index (χ2v) is 5.34. The van der Waals surface area contributed by atoms with Crippen molar-refractivity contribution in [2.45, 2.75) is 0 Å². The van der Waals surface area contributed by atoms with Crippen LogP contribution in [-0.2, 0) is 0 Å². The van der Waals surface area contributed by atoms with Crippen LogP contribution in [0.1, 0.15) is 0 Å². The van der Waals surface area contributed by atoms with Gasteiger partial charge in [0, 0.05) is 10.0 Å². The lowest BCUT2D eigenvalue weighted by molar-refractivity contribution is 0.746. The van der Waals surface area contributed by atoms with Gasteiger partial charge in [0.2, 0.25) is 0 Å². The maximum Gasteiger partial charge on any atom is 0.357 e. The van der Waals surface area contributed by atoms with E-state index < -0.39 is 11.4 Å². The zero-order valence-corrected chi connectivity index (χ0v) is 12.6. The lowest BCUT2D eigenvalue weighted by Gasteiger charge is -2.09. The van der Waals surface area contributed by atoms with E-state index in [-0.39, 0.29) is 0 Å². The molecule has 2 aromatic carbocycles. The molecule has 3 aromatic rings. The Labute approximate surface area is 135 Å². The standard InChI is InChI=1S/C15H9Cl2N3O2/c16-10-1-5-12(6-2-10)19-9-18-14(21)20(15(19)22)13-7-3-11(17)4-8-13/h1-9H. The van der Waals surface area contributed by atoms with E-state index in [0.717, 1.165) is 4.57 Å². The van der Waals surface area contributed by atoms with Crippen LogP contribution in [0.25, 0.3) is 11.4 Å². The molecular formula is C15H9Cl2N3O2. The minimum atomic E-state index is -0.655. The Balaban J connectivity index is 2.22. The number of halogens is 2. The first-order chi connectivity index (χ1) is 10.6. The predicted molar refractivity (Wildman–Crippen MR) is 85.5 cm³/mol. The Morgan fingerprint density at radius 1 is 0.773 bits per heavy atom. The highest BCUT2D eigenvalue weighted by molar-refractivity contribution is 6.30. The molecule has 22 heavy (non-hydrogen) atoms. The molecule has 110 valence electrons. The van der Waals surface area contributed by atoms with Gasteiger partial charge in [-0.25, -0.2) is 14.2 Å². The summed E-state index contributed by atoms with van der Waals surface area (Å²) in [5, 5.41) is 1.06. The van der Waals surface area contributed by atoms with Crippen molar-refractivity contribution in [1.29, 1.82) is 0 Å². The van der Waals surface area contributed by atoms with Crippen molar-refractivity contribution in [3.63, 3.8) is 0 Å². The zero-order valence-electron chi connectivity index (χ0n) is 11.1. The minimum Gasteiger partial charge on any atom is -0.252 e. The van der Waals surface area contributed by atoms with Crippen LogP contribution in [0, 0.1) is 0 Å². The van der Waals surface area contributed by atoms with Crippen molar-refractivity contribution in [1.82, 2.24) is 14.1 Å². The fourth-order valence-corrected chi connectivity index (χ4v) is 2.25. The van der Waals surface area contributed by atoms with Crippen molar-refractivity contribution >= 4 is 23.2 Å². The van der Waals surface area contributed by atoms with Gasteiger partial charge in [0.25, 0.3) is 0 Å². The molecule has 3 rings (SSSR count). The Bertz CT molecular complexity index is 929. The van der Waals surface area contributed by atoms with Crippen LogP contribution in [0.15, 0.2) is 64.4 Å². The van der Waals surface area contributed by atoms with Gasteiger partial charge in [0.05, 0.1) is 11.4 Å². The van der Waals surface area contributed by atoms with Gasteiger partial charge in [-0.1, -0.05) is 23.2 Å². The van der Waals surface area contributed by atoms with E-state index in [2.05, 4.69) is 4.98 Å². The van der Waals surface area contributed by atoms with Crippen molar-refractivity contribution in [2.24, 2.45) is 0 Å². The van der Waals surface area contributed by atoms with Crippen LogP contribution >= 0.6 is 23.2 Å². The highest BCUT2D eigenvalue weighted by Gasteiger charge is 2.10. The van der Waals surface area contributed by atoms with E-state index in [1.807, 2.05) is 0 Å². The fraction of sp³-hybridized carbons (Fsp3) is 0. The Hall–Kier alpha value is -2.37. The molecule has 0 radical (unpaired) electrons. The largest absolute Gasteiger partial charge is 0.357 e. The number of hydrogen-bond acceptors (Lipinski definition) is 3. The molecule has 0 N–H and O–H groups in total. The first kappa shape index (κ1) is 14.6. The van der Waals surface area contributed by atoms with E-state index in [0.29, 0.717) is 21.4 Å². The van der Waals surface area contributed by atoms with Crippen molar-refractivity contribution in [2.75, 3.05) is 0 Å². The Kier molecular flexibility index (Phi) is 3.83. The molecule has 0 saturated heterocycles. The summed E-state index contributed by atoms with van der Waals surface area (Å²) in [6.45, 7) is 0. The first-order valence-electron chi connectivity index (χ1n) is 6.29. The molecule has 0 saturated carbocycles. The molecule has 5 nitrogen and oxygen atoms in total. The zero-order chi connectivity index (χ0) is 15.7. The van der Waals surface area contributed by atoms with Gasteiger partial charge in [-0.2, -0.15) is 4.98 Å². The van der Waals surface area contributed by atoms with Gasteiger partial charge in [0.15, 0.2) is 0 Å². The van der Waals surface area contributed by atoms with Crippen LogP contribution in [0.5, 0.6) is 0 Å². The highest BCUT2D eigenvalue weighted by atomic mass is 35.5. The summed E-state index contributed by atoms with van der Waals surface area (Å²) >= 11 is 11.7. The van der Waals surface area contributed by atoms with E-state index >= 15 is 0 Å². The summed E-state index contributed by atoms with van der Waals surface area (Å²) in [6.07, 6.45) is 1.19. The molecule has 7 heteroatoms. The van der Waals surface area contributed by atoms with Gasteiger partial charge in [-0.05, 0) is 48.5 Å². The van der Waals surface area contributed by atoms with Crippen LogP contribution in [0.3, 0.4) is 0 Å². The number of benzene rings is 2. The van der Waals surface area contributed by atoms with Gasteiger partial charge in [-0.15, -0.1) is 0 Å². The molecule has 0 aliphatic rings. The molecule has 0 aliphatic carbocycles. The third-order valence-electron chi connectivity index (χ3n) is 3.06. The van der Waals surface area contributed by atoms with Crippen LogP contribution < -0.4 is 11.4 Å². The smallest absolute Gasteiger partial charge is 0.252 e. The summed E-state index contributed by atoms with van der Waals surface area (Å²) in [5.74, 6) is 0. The van der Waals surface area contributed by atoms with Gasteiger partial charge >= 0.3 is 11.4 Å². The van der Waals surface area contributed by atoms with Crippen LogP contribution in [0.4, 0.5) is 0 Å². The lowest BCUT2D eigenvalue weighted by Crippen LogP contribution is -2.39. The van der Waals surface area contributed by atoms with Gasteiger partial charge in [0.1, 0.15) is 6.33 Å². The van der Waals surface area contributed by atoms with Crippen LogP contribution in [0.2, 0.25) is 10.0 Å². The summed E-state index contributed by atoms with van der Waals surface area (Å²) < 4.78 is 2.25. The van der Waals surface area contributed by atoms with Gasteiger partial charge in [-0.3, -0.25) is 4.57 Å². The van der Waals surface area contributed by atoms with Crippen molar-refractivity contribution < 1.29 is 0 Å². The molecule has 0 aliphatic heterocycles. The first-order valence-corrected chi connectivity index (χ1v) is 7.04. The molecule has 1 aromatic heterocycles. The topological polar surface area (TPSA) is 56.9 Å². The second-order valence-electron chi connectivity index (χ2n) is 4.47. The maximum absolute atomic E-state index is 12.6. The third-order valence-corrected chi connectivity index (χ3v) is 3.57. The molecular weight excluding hydrogens is 325 g/mol. The monoisotopic (exact) mass is 333 g/mol. The average Bonchev–Trinajstić information content (AvgIpc) is 2.51. The van der Waals surface area contributed by atoms with E-state index in [1.165, 1.54) is 10.9 Å².